The minimum atomic E-state index is -0.408. The lowest BCUT2D eigenvalue weighted by Crippen LogP contribution is -3.14. The van der Waals surface area contributed by atoms with Gasteiger partial charge in [-0.3, -0.25) is 14.5 Å². The molecule has 0 bridgehead atoms. The SMILES string of the molecule is C[C@H]1c2ccsc2CC[NH+]1CN1C(=O)C(=O)c2cc(Br)ccc21. The first kappa shape index (κ1) is 15.1. The number of carbonyl (C=O) groups excluding carboxylic acids is 2. The van der Waals surface area contributed by atoms with Crippen LogP contribution in [0.5, 0.6) is 0 Å². The van der Waals surface area contributed by atoms with Gasteiger partial charge in [0.2, 0.25) is 0 Å². The van der Waals surface area contributed by atoms with E-state index in [1.54, 1.807) is 11.0 Å². The van der Waals surface area contributed by atoms with Crippen LogP contribution < -0.4 is 9.80 Å². The molecule has 118 valence electrons. The largest absolute Gasteiger partial charge is 0.311 e. The first-order valence-corrected chi connectivity index (χ1v) is 9.30. The topological polar surface area (TPSA) is 41.8 Å². The lowest BCUT2D eigenvalue weighted by atomic mass is 10.0. The number of nitrogens with one attached hydrogen (secondary N) is 1. The molecule has 1 N–H and O–H groups in total. The Hall–Kier alpha value is -1.50. The van der Waals surface area contributed by atoms with Crippen molar-refractivity contribution in [3.63, 3.8) is 0 Å². The van der Waals surface area contributed by atoms with Crippen LogP contribution in [0.2, 0.25) is 0 Å². The van der Waals surface area contributed by atoms with E-state index in [4.69, 9.17) is 0 Å². The Balaban J connectivity index is 1.63. The van der Waals surface area contributed by atoms with Crippen LogP contribution >= 0.6 is 27.3 Å². The first-order chi connectivity index (χ1) is 11.1. The molecular weight excluding hydrogens is 376 g/mol. The highest BCUT2D eigenvalue weighted by molar-refractivity contribution is 9.10. The van der Waals surface area contributed by atoms with Gasteiger partial charge in [0.25, 0.3) is 5.78 Å². The Morgan fingerprint density at radius 1 is 1.35 bits per heavy atom. The van der Waals surface area contributed by atoms with E-state index in [9.17, 15) is 9.59 Å². The van der Waals surface area contributed by atoms with Crippen molar-refractivity contribution < 1.29 is 14.5 Å². The zero-order valence-corrected chi connectivity index (χ0v) is 15.0. The second kappa shape index (κ2) is 5.54. The van der Waals surface area contributed by atoms with Crippen molar-refractivity contribution in [3.8, 4) is 0 Å². The third kappa shape index (κ3) is 2.36. The fraction of sp³-hybridized carbons (Fsp3) is 0.294. The highest BCUT2D eigenvalue weighted by atomic mass is 79.9. The standard InChI is InChI=1S/C17H15BrN2O2S/c1-10-12-5-7-23-15(12)4-6-19(10)9-20-14-3-2-11(18)8-13(14)16(21)17(20)22/h2-3,5,7-8,10H,4,6,9H2,1H3/p+1/t10-/m0/s1. The number of amides is 1. The molecule has 2 aliphatic heterocycles. The van der Waals surface area contributed by atoms with E-state index in [2.05, 4.69) is 34.3 Å². The van der Waals surface area contributed by atoms with Crippen LogP contribution in [0.1, 0.15) is 33.8 Å². The van der Waals surface area contributed by atoms with Crippen molar-refractivity contribution in [2.45, 2.75) is 19.4 Å². The van der Waals surface area contributed by atoms with Crippen LogP contribution in [0, 0.1) is 0 Å². The van der Waals surface area contributed by atoms with Crippen molar-refractivity contribution >= 4 is 44.6 Å². The molecule has 6 heteroatoms. The molecule has 1 aromatic heterocycles. The summed E-state index contributed by atoms with van der Waals surface area (Å²) in [6.45, 7) is 3.72. The predicted octanol–water partition coefficient (Wildman–Crippen LogP) is 2.20. The van der Waals surface area contributed by atoms with Gasteiger partial charge in [0.15, 0.2) is 6.67 Å². The number of ketones is 1. The number of thiophene rings is 1. The van der Waals surface area contributed by atoms with Crippen LogP contribution in [0.4, 0.5) is 5.69 Å². The van der Waals surface area contributed by atoms with Gasteiger partial charge in [-0.25, -0.2) is 0 Å². The fourth-order valence-corrected chi connectivity index (χ4v) is 4.84. The fourth-order valence-electron chi connectivity index (χ4n) is 3.50. The minimum absolute atomic E-state index is 0.340. The Morgan fingerprint density at radius 3 is 3.00 bits per heavy atom. The van der Waals surface area contributed by atoms with E-state index in [0.717, 1.165) is 23.1 Å². The van der Waals surface area contributed by atoms with Crippen LogP contribution in [-0.2, 0) is 11.2 Å². The summed E-state index contributed by atoms with van der Waals surface area (Å²) in [5.41, 5.74) is 2.62. The summed E-state index contributed by atoms with van der Waals surface area (Å²) >= 11 is 5.18. The summed E-state index contributed by atoms with van der Waals surface area (Å²) in [5, 5.41) is 2.14. The van der Waals surface area contributed by atoms with E-state index in [1.165, 1.54) is 15.3 Å². The van der Waals surface area contributed by atoms with Crippen LogP contribution in [0.25, 0.3) is 0 Å². The monoisotopic (exact) mass is 391 g/mol. The molecule has 1 aromatic carbocycles. The lowest BCUT2D eigenvalue weighted by molar-refractivity contribution is -0.930. The van der Waals surface area contributed by atoms with Crippen molar-refractivity contribution in [2.75, 3.05) is 18.1 Å². The molecule has 4 nitrogen and oxygen atoms in total. The molecular formula is C17H16BrN2O2S+. The quantitative estimate of drug-likeness (QED) is 0.797. The molecule has 2 aliphatic rings. The molecule has 23 heavy (non-hydrogen) atoms. The number of halogens is 1. The maximum absolute atomic E-state index is 12.4. The van der Waals surface area contributed by atoms with Gasteiger partial charge in [-0.1, -0.05) is 15.9 Å². The summed E-state index contributed by atoms with van der Waals surface area (Å²) in [5.74, 6) is -0.810. The molecule has 0 aliphatic carbocycles. The molecule has 0 spiro atoms. The zero-order chi connectivity index (χ0) is 16.1. The number of benzene rings is 1. The van der Waals surface area contributed by atoms with Crippen LogP contribution in [0.15, 0.2) is 34.1 Å². The molecule has 3 heterocycles. The Morgan fingerprint density at radius 2 is 2.17 bits per heavy atom. The third-order valence-electron chi connectivity index (χ3n) is 4.83. The van der Waals surface area contributed by atoms with Gasteiger partial charge in [0.05, 0.1) is 17.8 Å². The van der Waals surface area contributed by atoms with Crippen molar-refractivity contribution in [3.05, 3.63) is 50.1 Å². The Kier molecular flexibility index (Phi) is 3.63. The summed E-state index contributed by atoms with van der Waals surface area (Å²) in [7, 11) is 0. The van der Waals surface area contributed by atoms with Gasteiger partial charge < -0.3 is 4.90 Å². The van der Waals surface area contributed by atoms with Crippen molar-refractivity contribution in [1.82, 2.24) is 0 Å². The van der Waals surface area contributed by atoms with E-state index in [1.807, 2.05) is 23.5 Å². The molecule has 0 saturated heterocycles. The van der Waals surface area contributed by atoms with E-state index in [0.29, 0.717) is 18.3 Å². The normalized spacial score (nSPS) is 23.1. The highest BCUT2D eigenvalue weighted by Crippen LogP contribution is 2.31. The summed E-state index contributed by atoms with van der Waals surface area (Å²) < 4.78 is 0.820. The van der Waals surface area contributed by atoms with Crippen molar-refractivity contribution in [1.29, 1.82) is 0 Å². The number of rotatable bonds is 2. The van der Waals surface area contributed by atoms with Gasteiger partial charge in [-0.05, 0) is 36.6 Å². The van der Waals surface area contributed by atoms with E-state index >= 15 is 0 Å². The molecule has 0 radical (unpaired) electrons. The number of Topliss-reactive ketones (excluding diaryl/α,β-unsaturated/α-hetero) is 1. The molecule has 2 atom stereocenters. The summed E-state index contributed by atoms with van der Waals surface area (Å²) in [6, 6.07) is 8.00. The Bertz CT molecular complexity index is 817. The zero-order valence-electron chi connectivity index (χ0n) is 12.6. The molecule has 2 aromatic rings. The maximum Gasteiger partial charge on any atom is 0.303 e. The Labute approximate surface area is 146 Å². The number of hydrogen-bond acceptors (Lipinski definition) is 3. The molecule has 0 fully saturated rings. The van der Waals surface area contributed by atoms with Gasteiger partial charge >= 0.3 is 5.91 Å². The number of hydrogen-bond donors (Lipinski definition) is 1. The third-order valence-corrected chi connectivity index (χ3v) is 6.32. The number of carbonyl (C=O) groups is 2. The molecule has 1 amide bonds. The molecule has 0 saturated carbocycles. The van der Waals surface area contributed by atoms with Crippen molar-refractivity contribution in [2.24, 2.45) is 0 Å². The summed E-state index contributed by atoms with van der Waals surface area (Å²) in [4.78, 5) is 29.0. The van der Waals surface area contributed by atoms with Crippen LogP contribution in [-0.4, -0.2) is 24.9 Å². The molecule has 1 unspecified atom stereocenters. The van der Waals surface area contributed by atoms with E-state index in [-0.39, 0.29) is 0 Å². The highest BCUT2D eigenvalue weighted by Gasteiger charge is 2.39. The number of anilines is 1. The average molecular weight is 392 g/mol. The average Bonchev–Trinajstić information content (AvgIpc) is 3.10. The summed E-state index contributed by atoms with van der Waals surface area (Å²) in [6.07, 6.45) is 1.04. The van der Waals surface area contributed by atoms with Crippen LogP contribution in [0.3, 0.4) is 0 Å². The number of nitrogens with zero attached hydrogens (tertiary/aromatic N) is 1. The smallest absolute Gasteiger partial charge is 0.303 e. The first-order valence-electron chi connectivity index (χ1n) is 7.63. The minimum Gasteiger partial charge on any atom is -0.311 e. The lowest BCUT2D eigenvalue weighted by Gasteiger charge is -2.33. The maximum atomic E-state index is 12.4. The number of quaternary nitrogens is 1. The van der Waals surface area contributed by atoms with Gasteiger partial charge in [0, 0.05) is 21.3 Å². The van der Waals surface area contributed by atoms with Gasteiger partial charge in [-0.15, -0.1) is 11.3 Å². The second-order valence-corrected chi connectivity index (χ2v) is 7.98. The van der Waals surface area contributed by atoms with E-state index < -0.39 is 11.7 Å². The van der Waals surface area contributed by atoms with Gasteiger partial charge in [0.1, 0.15) is 6.04 Å². The number of fused-ring (bicyclic) bond motifs is 2. The van der Waals surface area contributed by atoms with Gasteiger partial charge in [-0.2, -0.15) is 0 Å². The predicted molar refractivity (Wildman–Crippen MR) is 93.1 cm³/mol. The molecule has 4 rings (SSSR count). The second-order valence-electron chi connectivity index (χ2n) is 6.06.